The number of nitrogens with zero attached hydrogens (tertiary/aromatic N) is 2. The summed E-state index contributed by atoms with van der Waals surface area (Å²) in [7, 11) is 0. The standard InChI is InChI=1S/C23H23F2N5O2/c1-23(9-10-32-14-23)13-26-22(28-21(31)16-3-2-4-18(25)11-16)27-20-12-19(29-30-20)15-5-7-17(24)8-6-15/h2-8,11-12H,9-10,13-14H2,1H3,(H3,26,27,28,29,30,31). The summed E-state index contributed by atoms with van der Waals surface area (Å²) in [5.74, 6) is -0.737. The molecule has 0 radical (unpaired) electrons. The summed E-state index contributed by atoms with van der Waals surface area (Å²) < 4.78 is 32.2. The van der Waals surface area contributed by atoms with Crippen LogP contribution in [0.2, 0.25) is 0 Å². The highest BCUT2D eigenvalue weighted by Gasteiger charge is 2.29. The molecule has 0 bridgehead atoms. The molecule has 1 aromatic heterocycles. The first-order chi connectivity index (χ1) is 15.4. The lowest BCUT2D eigenvalue weighted by Gasteiger charge is -2.19. The summed E-state index contributed by atoms with van der Waals surface area (Å²) in [6.07, 6.45) is 0.860. The predicted molar refractivity (Wildman–Crippen MR) is 117 cm³/mol. The average molecular weight is 439 g/mol. The largest absolute Gasteiger partial charge is 0.381 e. The van der Waals surface area contributed by atoms with Crippen LogP contribution >= 0.6 is 0 Å². The number of aliphatic imine (C=N–C) groups is 1. The maximum absolute atomic E-state index is 13.5. The highest BCUT2D eigenvalue weighted by molar-refractivity contribution is 6.09. The molecule has 9 heteroatoms. The predicted octanol–water partition coefficient (Wildman–Crippen LogP) is 3.98. The van der Waals surface area contributed by atoms with Crippen molar-refractivity contribution >= 4 is 17.7 Å². The van der Waals surface area contributed by atoms with E-state index in [1.54, 1.807) is 18.2 Å². The molecule has 7 nitrogen and oxygen atoms in total. The fourth-order valence-corrected chi connectivity index (χ4v) is 3.31. The van der Waals surface area contributed by atoms with Crippen molar-refractivity contribution in [1.82, 2.24) is 15.5 Å². The Bertz CT molecular complexity index is 1120. The van der Waals surface area contributed by atoms with Gasteiger partial charge in [0.15, 0.2) is 5.82 Å². The van der Waals surface area contributed by atoms with Gasteiger partial charge in [0.1, 0.15) is 11.6 Å². The van der Waals surface area contributed by atoms with E-state index in [4.69, 9.17) is 4.74 Å². The Labute approximate surface area is 183 Å². The number of carbonyl (C=O) groups is 1. The van der Waals surface area contributed by atoms with E-state index in [1.165, 1.54) is 30.3 Å². The molecule has 3 N–H and O–H groups in total. The Morgan fingerprint density at radius 2 is 2.00 bits per heavy atom. The van der Waals surface area contributed by atoms with E-state index in [0.717, 1.165) is 18.1 Å². The van der Waals surface area contributed by atoms with Crippen LogP contribution in [0.5, 0.6) is 0 Å². The third-order valence-corrected chi connectivity index (χ3v) is 5.22. The molecular formula is C23H23F2N5O2. The first kappa shape index (κ1) is 21.6. The second kappa shape index (κ2) is 9.27. The summed E-state index contributed by atoms with van der Waals surface area (Å²) in [4.78, 5) is 17.2. The average Bonchev–Trinajstić information content (AvgIpc) is 3.42. The number of nitrogens with one attached hydrogen (secondary N) is 3. The van der Waals surface area contributed by atoms with E-state index < -0.39 is 11.7 Å². The Morgan fingerprint density at radius 3 is 2.72 bits per heavy atom. The van der Waals surface area contributed by atoms with Crippen LogP contribution in [0.25, 0.3) is 11.3 Å². The number of aromatic nitrogens is 2. The third-order valence-electron chi connectivity index (χ3n) is 5.22. The van der Waals surface area contributed by atoms with Crippen LogP contribution < -0.4 is 10.6 Å². The SMILES string of the molecule is CC1(CN=C(NC(=O)c2cccc(F)c2)Nc2cc(-c3ccc(F)cc3)[nH]n2)CCOC1. The van der Waals surface area contributed by atoms with Crippen molar-refractivity contribution in [2.45, 2.75) is 13.3 Å². The number of carbonyl (C=O) groups excluding carboxylic acids is 1. The number of benzene rings is 2. The number of amides is 1. The minimum Gasteiger partial charge on any atom is -0.381 e. The fourth-order valence-electron chi connectivity index (χ4n) is 3.31. The fraction of sp³-hybridized carbons (Fsp3) is 0.261. The summed E-state index contributed by atoms with van der Waals surface area (Å²) >= 11 is 0. The quantitative estimate of drug-likeness (QED) is 0.414. The second-order valence-electron chi connectivity index (χ2n) is 8.04. The van der Waals surface area contributed by atoms with Gasteiger partial charge in [-0.05, 0) is 54.4 Å². The molecule has 1 saturated heterocycles. The molecule has 0 saturated carbocycles. The van der Waals surface area contributed by atoms with Crippen LogP contribution in [0, 0.1) is 17.0 Å². The van der Waals surface area contributed by atoms with Crippen molar-refractivity contribution in [2.24, 2.45) is 10.4 Å². The van der Waals surface area contributed by atoms with Crippen LogP contribution in [-0.4, -0.2) is 41.8 Å². The topological polar surface area (TPSA) is 91.4 Å². The highest BCUT2D eigenvalue weighted by Crippen LogP contribution is 2.28. The summed E-state index contributed by atoms with van der Waals surface area (Å²) in [6, 6.07) is 13.1. The van der Waals surface area contributed by atoms with Gasteiger partial charge in [0.05, 0.1) is 18.8 Å². The number of hydrogen-bond donors (Lipinski definition) is 3. The van der Waals surface area contributed by atoms with E-state index in [1.807, 2.05) is 0 Å². The van der Waals surface area contributed by atoms with Crippen LogP contribution in [0.15, 0.2) is 59.6 Å². The van der Waals surface area contributed by atoms with Crippen molar-refractivity contribution in [3.63, 3.8) is 0 Å². The van der Waals surface area contributed by atoms with Crippen LogP contribution in [0.3, 0.4) is 0 Å². The van der Waals surface area contributed by atoms with Gasteiger partial charge in [0, 0.05) is 23.7 Å². The molecule has 4 rings (SSSR count). The first-order valence-electron chi connectivity index (χ1n) is 10.2. The summed E-state index contributed by atoms with van der Waals surface area (Å²) in [6.45, 7) is 3.74. The number of halogens is 2. The number of rotatable bonds is 5. The van der Waals surface area contributed by atoms with Crippen molar-refractivity contribution in [2.75, 3.05) is 25.1 Å². The number of ether oxygens (including phenoxy) is 1. The molecule has 1 atom stereocenters. The Hall–Kier alpha value is -3.59. The minimum absolute atomic E-state index is 0.138. The monoisotopic (exact) mass is 439 g/mol. The molecule has 1 unspecified atom stereocenters. The smallest absolute Gasteiger partial charge is 0.258 e. The van der Waals surface area contributed by atoms with E-state index >= 15 is 0 Å². The molecule has 1 fully saturated rings. The maximum atomic E-state index is 13.5. The Kier molecular flexibility index (Phi) is 6.27. The molecule has 1 amide bonds. The molecule has 3 aromatic rings. The number of H-pyrrole nitrogens is 1. The van der Waals surface area contributed by atoms with E-state index in [-0.39, 0.29) is 22.8 Å². The Morgan fingerprint density at radius 1 is 1.19 bits per heavy atom. The van der Waals surface area contributed by atoms with Crippen molar-refractivity contribution in [3.8, 4) is 11.3 Å². The zero-order valence-corrected chi connectivity index (χ0v) is 17.5. The molecular weight excluding hydrogens is 416 g/mol. The maximum Gasteiger partial charge on any atom is 0.258 e. The number of aromatic amines is 1. The highest BCUT2D eigenvalue weighted by atomic mass is 19.1. The number of anilines is 1. The second-order valence-corrected chi connectivity index (χ2v) is 8.04. The minimum atomic E-state index is -0.504. The van der Waals surface area contributed by atoms with Gasteiger partial charge >= 0.3 is 0 Å². The summed E-state index contributed by atoms with van der Waals surface area (Å²) in [5, 5.41) is 12.8. The van der Waals surface area contributed by atoms with E-state index in [0.29, 0.717) is 31.3 Å². The Balaban J connectivity index is 1.53. The lowest BCUT2D eigenvalue weighted by atomic mass is 9.90. The summed E-state index contributed by atoms with van der Waals surface area (Å²) in [5.41, 5.74) is 1.45. The van der Waals surface area contributed by atoms with Gasteiger partial charge in [-0.25, -0.2) is 8.78 Å². The van der Waals surface area contributed by atoms with Gasteiger partial charge in [0.2, 0.25) is 5.96 Å². The van der Waals surface area contributed by atoms with Crippen molar-refractivity contribution in [3.05, 3.63) is 71.8 Å². The molecule has 32 heavy (non-hydrogen) atoms. The number of guanidine groups is 1. The molecule has 2 aromatic carbocycles. The molecule has 0 aliphatic carbocycles. The van der Waals surface area contributed by atoms with Crippen LogP contribution in [0.1, 0.15) is 23.7 Å². The number of hydrogen-bond acceptors (Lipinski definition) is 4. The van der Waals surface area contributed by atoms with E-state index in [9.17, 15) is 13.6 Å². The van der Waals surface area contributed by atoms with Crippen LogP contribution in [-0.2, 0) is 4.74 Å². The molecule has 1 aliphatic rings. The lowest BCUT2D eigenvalue weighted by molar-refractivity contribution is 0.0976. The van der Waals surface area contributed by atoms with Crippen LogP contribution in [0.4, 0.5) is 14.6 Å². The first-order valence-corrected chi connectivity index (χ1v) is 10.2. The van der Waals surface area contributed by atoms with Gasteiger partial charge in [-0.3, -0.25) is 20.2 Å². The zero-order valence-electron chi connectivity index (χ0n) is 17.5. The van der Waals surface area contributed by atoms with Gasteiger partial charge < -0.3 is 10.1 Å². The van der Waals surface area contributed by atoms with Gasteiger partial charge in [-0.15, -0.1) is 0 Å². The molecule has 1 aliphatic heterocycles. The molecule has 2 heterocycles. The zero-order chi connectivity index (χ0) is 22.6. The normalized spacial score (nSPS) is 18.5. The third kappa shape index (κ3) is 5.36. The van der Waals surface area contributed by atoms with Crippen molar-refractivity contribution in [1.29, 1.82) is 0 Å². The van der Waals surface area contributed by atoms with Gasteiger partial charge in [-0.2, -0.15) is 5.10 Å². The molecule has 0 spiro atoms. The van der Waals surface area contributed by atoms with Crippen molar-refractivity contribution < 1.29 is 18.3 Å². The molecule has 166 valence electrons. The van der Waals surface area contributed by atoms with Gasteiger partial charge in [-0.1, -0.05) is 13.0 Å². The van der Waals surface area contributed by atoms with E-state index in [2.05, 4.69) is 32.7 Å². The lowest BCUT2D eigenvalue weighted by Crippen LogP contribution is -2.37. The van der Waals surface area contributed by atoms with Gasteiger partial charge in [0.25, 0.3) is 5.91 Å².